The molecule has 3 unspecified atom stereocenters. The average molecular weight is 289 g/mol. The molecule has 0 radical (unpaired) electrons. The van der Waals surface area contributed by atoms with Crippen molar-refractivity contribution in [1.82, 2.24) is 5.32 Å². The standard InChI is InChI=1S/C15H31NO4/c1-4-7-16-13-12-14(15(13)19-5-2)20-11-10-18-9-6-8-17-3/h13-16H,4-12H2,1-3H3. The van der Waals surface area contributed by atoms with Crippen molar-refractivity contribution in [2.45, 2.75) is 51.4 Å². The Hall–Kier alpha value is -0.200. The molecule has 1 N–H and O–H groups in total. The lowest BCUT2D eigenvalue weighted by Gasteiger charge is -2.44. The van der Waals surface area contributed by atoms with Gasteiger partial charge in [0.2, 0.25) is 0 Å². The number of hydrogen-bond donors (Lipinski definition) is 1. The van der Waals surface area contributed by atoms with Crippen LogP contribution < -0.4 is 5.32 Å². The minimum absolute atomic E-state index is 0.194. The van der Waals surface area contributed by atoms with E-state index in [0.717, 1.165) is 45.6 Å². The quantitative estimate of drug-likeness (QED) is 0.522. The summed E-state index contributed by atoms with van der Waals surface area (Å²) in [6.45, 7) is 8.76. The number of methoxy groups -OCH3 is 1. The fourth-order valence-electron chi connectivity index (χ4n) is 2.36. The lowest BCUT2D eigenvalue weighted by Crippen LogP contribution is -2.60. The second-order valence-corrected chi connectivity index (χ2v) is 5.08. The fraction of sp³-hybridized carbons (Fsp3) is 1.00. The van der Waals surface area contributed by atoms with Crippen molar-refractivity contribution in [3.8, 4) is 0 Å². The second-order valence-electron chi connectivity index (χ2n) is 5.08. The number of rotatable bonds is 13. The molecule has 5 heteroatoms. The van der Waals surface area contributed by atoms with Gasteiger partial charge in [0.15, 0.2) is 0 Å². The van der Waals surface area contributed by atoms with Crippen molar-refractivity contribution in [2.75, 3.05) is 46.7 Å². The minimum Gasteiger partial charge on any atom is -0.385 e. The first kappa shape index (κ1) is 17.9. The van der Waals surface area contributed by atoms with Crippen LogP contribution in [0.15, 0.2) is 0 Å². The van der Waals surface area contributed by atoms with Crippen molar-refractivity contribution < 1.29 is 18.9 Å². The molecule has 0 aromatic heterocycles. The van der Waals surface area contributed by atoms with Crippen molar-refractivity contribution >= 4 is 0 Å². The Morgan fingerprint density at radius 2 is 1.90 bits per heavy atom. The highest BCUT2D eigenvalue weighted by atomic mass is 16.6. The van der Waals surface area contributed by atoms with Gasteiger partial charge >= 0.3 is 0 Å². The molecule has 3 atom stereocenters. The molecule has 0 aromatic rings. The Balaban J connectivity index is 2.05. The predicted molar refractivity (Wildman–Crippen MR) is 79.2 cm³/mol. The Kier molecular flexibility index (Phi) is 10.2. The SMILES string of the molecule is CCCNC1CC(OCCOCCCOC)C1OCC. The van der Waals surface area contributed by atoms with Crippen LogP contribution in [0.4, 0.5) is 0 Å². The molecule has 1 fully saturated rings. The minimum atomic E-state index is 0.194. The van der Waals surface area contributed by atoms with Gasteiger partial charge in [0, 0.05) is 33.0 Å². The molecule has 0 bridgehead atoms. The van der Waals surface area contributed by atoms with E-state index in [1.54, 1.807) is 7.11 Å². The van der Waals surface area contributed by atoms with Crippen LogP contribution in [0.1, 0.15) is 33.1 Å². The first-order valence-electron chi connectivity index (χ1n) is 7.86. The summed E-state index contributed by atoms with van der Waals surface area (Å²) in [5, 5.41) is 3.51. The molecule has 1 rings (SSSR count). The summed E-state index contributed by atoms with van der Waals surface area (Å²) in [7, 11) is 1.70. The summed E-state index contributed by atoms with van der Waals surface area (Å²) in [4.78, 5) is 0. The van der Waals surface area contributed by atoms with Crippen LogP contribution in [0.3, 0.4) is 0 Å². The largest absolute Gasteiger partial charge is 0.385 e. The van der Waals surface area contributed by atoms with Gasteiger partial charge in [-0.15, -0.1) is 0 Å². The maximum absolute atomic E-state index is 5.84. The van der Waals surface area contributed by atoms with Gasteiger partial charge in [-0.05, 0) is 32.7 Å². The zero-order valence-electron chi connectivity index (χ0n) is 13.2. The van der Waals surface area contributed by atoms with E-state index in [-0.39, 0.29) is 12.2 Å². The summed E-state index contributed by atoms with van der Waals surface area (Å²) in [5.41, 5.74) is 0. The summed E-state index contributed by atoms with van der Waals surface area (Å²) in [6.07, 6.45) is 3.53. The molecule has 20 heavy (non-hydrogen) atoms. The van der Waals surface area contributed by atoms with Gasteiger partial charge in [0.25, 0.3) is 0 Å². The van der Waals surface area contributed by atoms with E-state index < -0.39 is 0 Å². The van der Waals surface area contributed by atoms with Crippen LogP contribution in [-0.4, -0.2) is 64.9 Å². The van der Waals surface area contributed by atoms with Gasteiger partial charge in [0.1, 0.15) is 0 Å². The van der Waals surface area contributed by atoms with Gasteiger partial charge < -0.3 is 24.3 Å². The molecule has 1 aliphatic carbocycles. The van der Waals surface area contributed by atoms with Gasteiger partial charge in [0.05, 0.1) is 25.4 Å². The van der Waals surface area contributed by atoms with Gasteiger partial charge in [-0.3, -0.25) is 0 Å². The van der Waals surface area contributed by atoms with Crippen LogP contribution >= 0.6 is 0 Å². The first-order chi connectivity index (χ1) is 9.83. The molecular formula is C15H31NO4. The average Bonchev–Trinajstić information content (AvgIpc) is 2.45. The smallest absolute Gasteiger partial charge is 0.0990 e. The Labute approximate surface area is 123 Å². The molecule has 1 saturated carbocycles. The third kappa shape index (κ3) is 6.50. The molecule has 0 spiro atoms. The summed E-state index contributed by atoms with van der Waals surface area (Å²) in [6, 6.07) is 0.447. The first-order valence-corrected chi connectivity index (χ1v) is 7.86. The zero-order chi connectivity index (χ0) is 14.6. The van der Waals surface area contributed by atoms with E-state index in [4.69, 9.17) is 18.9 Å². The van der Waals surface area contributed by atoms with E-state index in [1.807, 2.05) is 6.92 Å². The van der Waals surface area contributed by atoms with Crippen LogP contribution in [0.25, 0.3) is 0 Å². The van der Waals surface area contributed by atoms with E-state index in [1.165, 1.54) is 0 Å². The van der Waals surface area contributed by atoms with Gasteiger partial charge in [-0.25, -0.2) is 0 Å². The number of nitrogens with one attached hydrogen (secondary N) is 1. The third-order valence-corrected chi connectivity index (χ3v) is 3.46. The third-order valence-electron chi connectivity index (χ3n) is 3.46. The van der Waals surface area contributed by atoms with Crippen LogP contribution in [-0.2, 0) is 18.9 Å². The topological polar surface area (TPSA) is 49.0 Å². The van der Waals surface area contributed by atoms with Crippen molar-refractivity contribution in [2.24, 2.45) is 0 Å². The molecule has 0 aromatic carbocycles. The Morgan fingerprint density at radius 3 is 2.60 bits per heavy atom. The van der Waals surface area contributed by atoms with E-state index in [9.17, 15) is 0 Å². The monoisotopic (exact) mass is 289 g/mol. The van der Waals surface area contributed by atoms with Gasteiger partial charge in [-0.2, -0.15) is 0 Å². The fourth-order valence-corrected chi connectivity index (χ4v) is 2.36. The maximum Gasteiger partial charge on any atom is 0.0990 e. The van der Waals surface area contributed by atoms with Crippen LogP contribution in [0.5, 0.6) is 0 Å². The van der Waals surface area contributed by atoms with Crippen molar-refractivity contribution in [3.05, 3.63) is 0 Å². The molecular weight excluding hydrogens is 258 g/mol. The number of hydrogen-bond acceptors (Lipinski definition) is 5. The highest BCUT2D eigenvalue weighted by Crippen LogP contribution is 2.27. The highest BCUT2D eigenvalue weighted by molar-refractivity contribution is 4.97. The molecule has 0 aliphatic heterocycles. The number of ether oxygens (including phenoxy) is 4. The lowest BCUT2D eigenvalue weighted by molar-refractivity contribution is -0.150. The Morgan fingerprint density at radius 1 is 1.05 bits per heavy atom. The highest BCUT2D eigenvalue weighted by Gasteiger charge is 2.42. The maximum atomic E-state index is 5.84. The Bertz CT molecular complexity index is 228. The van der Waals surface area contributed by atoms with Gasteiger partial charge in [-0.1, -0.05) is 6.92 Å². The molecule has 0 saturated heterocycles. The van der Waals surface area contributed by atoms with Crippen molar-refractivity contribution in [3.63, 3.8) is 0 Å². The van der Waals surface area contributed by atoms with Crippen molar-refractivity contribution in [1.29, 1.82) is 0 Å². The molecule has 1 aliphatic rings. The molecule has 5 nitrogen and oxygen atoms in total. The van der Waals surface area contributed by atoms with Crippen LogP contribution in [0.2, 0.25) is 0 Å². The summed E-state index contributed by atoms with van der Waals surface area (Å²) >= 11 is 0. The summed E-state index contributed by atoms with van der Waals surface area (Å²) in [5.74, 6) is 0. The van der Waals surface area contributed by atoms with Crippen LogP contribution in [0, 0.1) is 0 Å². The zero-order valence-corrected chi connectivity index (χ0v) is 13.2. The molecule has 0 heterocycles. The van der Waals surface area contributed by atoms with E-state index in [2.05, 4.69) is 12.2 Å². The second kappa shape index (κ2) is 11.5. The molecule has 120 valence electrons. The van der Waals surface area contributed by atoms with E-state index in [0.29, 0.717) is 19.3 Å². The lowest BCUT2D eigenvalue weighted by atomic mass is 9.85. The van der Waals surface area contributed by atoms with E-state index >= 15 is 0 Å². The molecule has 0 amide bonds. The predicted octanol–water partition coefficient (Wildman–Crippen LogP) is 1.60. The summed E-state index contributed by atoms with van der Waals surface area (Å²) < 4.78 is 22.0. The normalized spacial score (nSPS) is 25.6.